The first-order chi connectivity index (χ1) is 6.42. The molecule has 1 atom stereocenters. The van der Waals surface area contributed by atoms with Crippen LogP contribution in [-0.4, -0.2) is 71.5 Å². The van der Waals surface area contributed by atoms with Crippen molar-refractivity contribution in [2.24, 2.45) is 0 Å². The fraction of sp³-hybridized carbons (Fsp3) is 1.00. The van der Waals surface area contributed by atoms with Gasteiger partial charge in [-0.05, 0) is 20.9 Å². The van der Waals surface area contributed by atoms with Gasteiger partial charge in [0, 0.05) is 32.2 Å². The molecule has 1 heterocycles. The van der Waals surface area contributed by atoms with Gasteiger partial charge in [-0.3, -0.25) is 4.90 Å². The van der Waals surface area contributed by atoms with E-state index >= 15 is 0 Å². The topological polar surface area (TPSA) is 46.9 Å². The first-order valence-electron chi connectivity index (χ1n) is 5.18. The first-order valence-corrected chi connectivity index (χ1v) is 5.18. The quantitative estimate of drug-likeness (QED) is 0.639. The molecule has 4 heteroatoms. The lowest BCUT2D eigenvalue weighted by atomic mass is 10.1. The Bertz CT molecular complexity index is 179. The van der Waals surface area contributed by atoms with Crippen LogP contribution < -0.4 is 0 Å². The minimum atomic E-state index is -0.677. The molecule has 14 heavy (non-hydrogen) atoms. The van der Waals surface area contributed by atoms with Crippen LogP contribution in [0.15, 0.2) is 0 Å². The maximum atomic E-state index is 9.71. The monoisotopic (exact) mass is 202 g/mol. The number of likely N-dealkylation sites (N-methyl/N-ethyl adjacent to an activating group) is 1. The Kier molecular flexibility index (Phi) is 3.89. The number of aliphatic hydroxyl groups is 2. The first kappa shape index (κ1) is 11.9. The van der Waals surface area contributed by atoms with Crippen LogP contribution in [0.4, 0.5) is 0 Å². The highest BCUT2D eigenvalue weighted by Gasteiger charge is 2.28. The van der Waals surface area contributed by atoms with Gasteiger partial charge >= 0.3 is 0 Å². The standard InChI is InChI=1S/C10H22N2O2/c1-10(2,14)8-12-5-4-11(3)6-9(12)7-13/h9,13-14H,4-8H2,1-3H3. The molecule has 1 aliphatic rings. The van der Waals surface area contributed by atoms with Crippen molar-refractivity contribution in [1.29, 1.82) is 0 Å². The van der Waals surface area contributed by atoms with Crippen LogP contribution in [0, 0.1) is 0 Å². The molecule has 0 bridgehead atoms. The lowest BCUT2D eigenvalue weighted by molar-refractivity contribution is -0.0173. The summed E-state index contributed by atoms with van der Waals surface area (Å²) in [6.45, 7) is 7.22. The summed E-state index contributed by atoms with van der Waals surface area (Å²) in [5.74, 6) is 0. The third-order valence-electron chi connectivity index (χ3n) is 2.61. The van der Waals surface area contributed by atoms with E-state index in [2.05, 4.69) is 16.8 Å². The Morgan fingerprint density at radius 2 is 2.00 bits per heavy atom. The number of nitrogens with zero attached hydrogens (tertiary/aromatic N) is 2. The zero-order valence-corrected chi connectivity index (χ0v) is 9.40. The van der Waals surface area contributed by atoms with E-state index in [-0.39, 0.29) is 12.6 Å². The van der Waals surface area contributed by atoms with Gasteiger partial charge in [-0.15, -0.1) is 0 Å². The minimum absolute atomic E-state index is 0.167. The second-order valence-corrected chi connectivity index (χ2v) is 4.88. The largest absolute Gasteiger partial charge is 0.395 e. The highest BCUT2D eigenvalue weighted by atomic mass is 16.3. The van der Waals surface area contributed by atoms with Crippen molar-refractivity contribution in [3.8, 4) is 0 Å². The van der Waals surface area contributed by atoms with Gasteiger partial charge in [-0.25, -0.2) is 0 Å². The van der Waals surface area contributed by atoms with Gasteiger partial charge in [-0.2, -0.15) is 0 Å². The smallest absolute Gasteiger partial charge is 0.0718 e. The molecular formula is C10H22N2O2. The Hall–Kier alpha value is -0.160. The Morgan fingerprint density at radius 1 is 1.36 bits per heavy atom. The van der Waals surface area contributed by atoms with Gasteiger partial charge in [0.05, 0.1) is 12.2 Å². The van der Waals surface area contributed by atoms with Crippen LogP contribution >= 0.6 is 0 Å². The summed E-state index contributed by atoms with van der Waals surface area (Å²) in [5, 5.41) is 18.9. The highest BCUT2D eigenvalue weighted by Crippen LogP contribution is 2.12. The lowest BCUT2D eigenvalue weighted by Crippen LogP contribution is -2.56. The SMILES string of the molecule is CN1CCN(CC(C)(C)O)C(CO)C1. The fourth-order valence-corrected chi connectivity index (χ4v) is 1.93. The normalized spacial score (nSPS) is 26.8. The van der Waals surface area contributed by atoms with Gasteiger partial charge in [-0.1, -0.05) is 0 Å². The van der Waals surface area contributed by atoms with Crippen LogP contribution in [0.25, 0.3) is 0 Å². The van der Waals surface area contributed by atoms with Crippen molar-refractivity contribution >= 4 is 0 Å². The summed E-state index contributed by atoms with van der Waals surface area (Å²) < 4.78 is 0. The predicted octanol–water partition coefficient (Wildman–Crippen LogP) is -0.634. The van der Waals surface area contributed by atoms with Gasteiger partial charge in [0.15, 0.2) is 0 Å². The maximum Gasteiger partial charge on any atom is 0.0718 e. The fourth-order valence-electron chi connectivity index (χ4n) is 1.93. The zero-order chi connectivity index (χ0) is 10.8. The van der Waals surface area contributed by atoms with Gasteiger partial charge in [0.25, 0.3) is 0 Å². The van der Waals surface area contributed by atoms with Crippen LogP contribution in [-0.2, 0) is 0 Å². The number of piperazine rings is 1. The average molecular weight is 202 g/mol. The molecule has 0 saturated carbocycles. The summed E-state index contributed by atoms with van der Waals surface area (Å²) in [6.07, 6.45) is 0. The molecular weight excluding hydrogens is 180 g/mol. The molecule has 1 unspecified atom stereocenters. The van der Waals surface area contributed by atoms with Crippen molar-refractivity contribution in [2.75, 3.05) is 39.8 Å². The number of aliphatic hydroxyl groups excluding tert-OH is 1. The van der Waals surface area contributed by atoms with E-state index in [4.69, 9.17) is 0 Å². The molecule has 0 aliphatic carbocycles. The number of β-amino-alcohol motifs (C(OH)–C–C–N with tert-alkyl or cyclic N) is 1. The third kappa shape index (κ3) is 3.53. The second kappa shape index (κ2) is 4.57. The Labute approximate surface area is 86.1 Å². The van der Waals surface area contributed by atoms with Gasteiger partial charge in [0.1, 0.15) is 0 Å². The molecule has 0 amide bonds. The van der Waals surface area contributed by atoms with E-state index in [1.165, 1.54) is 0 Å². The summed E-state index contributed by atoms with van der Waals surface area (Å²) >= 11 is 0. The predicted molar refractivity (Wildman–Crippen MR) is 56.2 cm³/mol. The maximum absolute atomic E-state index is 9.71. The second-order valence-electron chi connectivity index (χ2n) is 4.88. The zero-order valence-electron chi connectivity index (χ0n) is 9.40. The van der Waals surface area contributed by atoms with E-state index in [0.29, 0.717) is 6.54 Å². The van der Waals surface area contributed by atoms with Crippen molar-refractivity contribution < 1.29 is 10.2 Å². The lowest BCUT2D eigenvalue weighted by Gasteiger charge is -2.41. The van der Waals surface area contributed by atoms with E-state index < -0.39 is 5.60 Å². The van der Waals surface area contributed by atoms with Crippen LogP contribution in [0.5, 0.6) is 0 Å². The molecule has 0 aromatic carbocycles. The summed E-state index contributed by atoms with van der Waals surface area (Å²) in [6, 6.07) is 0.167. The van der Waals surface area contributed by atoms with Crippen molar-refractivity contribution in [3.05, 3.63) is 0 Å². The highest BCUT2D eigenvalue weighted by molar-refractivity contribution is 4.84. The van der Waals surface area contributed by atoms with Crippen LogP contribution in [0.1, 0.15) is 13.8 Å². The van der Waals surface area contributed by atoms with E-state index in [0.717, 1.165) is 19.6 Å². The van der Waals surface area contributed by atoms with E-state index in [9.17, 15) is 10.2 Å². The number of rotatable bonds is 3. The molecule has 1 rings (SSSR count). The Balaban J connectivity index is 2.50. The average Bonchev–Trinajstić information content (AvgIpc) is 2.06. The summed E-state index contributed by atoms with van der Waals surface area (Å²) in [7, 11) is 2.06. The summed E-state index contributed by atoms with van der Waals surface area (Å²) in [5.41, 5.74) is -0.677. The minimum Gasteiger partial charge on any atom is -0.395 e. The number of hydrogen-bond donors (Lipinski definition) is 2. The molecule has 1 fully saturated rings. The molecule has 0 radical (unpaired) electrons. The third-order valence-corrected chi connectivity index (χ3v) is 2.61. The van der Waals surface area contributed by atoms with Crippen molar-refractivity contribution in [1.82, 2.24) is 9.80 Å². The van der Waals surface area contributed by atoms with E-state index in [1.54, 1.807) is 13.8 Å². The number of hydrogen-bond acceptors (Lipinski definition) is 4. The summed E-state index contributed by atoms with van der Waals surface area (Å²) in [4.78, 5) is 4.38. The van der Waals surface area contributed by atoms with E-state index in [1.807, 2.05) is 0 Å². The Morgan fingerprint density at radius 3 is 2.50 bits per heavy atom. The van der Waals surface area contributed by atoms with Crippen molar-refractivity contribution in [2.45, 2.75) is 25.5 Å². The molecule has 84 valence electrons. The van der Waals surface area contributed by atoms with Crippen LogP contribution in [0.3, 0.4) is 0 Å². The van der Waals surface area contributed by atoms with Crippen molar-refractivity contribution in [3.63, 3.8) is 0 Å². The molecule has 0 aromatic rings. The van der Waals surface area contributed by atoms with Gasteiger partial charge < -0.3 is 15.1 Å². The molecule has 2 N–H and O–H groups in total. The molecule has 1 aliphatic heterocycles. The molecule has 1 saturated heterocycles. The molecule has 4 nitrogen and oxygen atoms in total. The molecule has 0 spiro atoms. The molecule has 0 aromatic heterocycles. The van der Waals surface area contributed by atoms with Gasteiger partial charge in [0.2, 0.25) is 0 Å². The van der Waals surface area contributed by atoms with Crippen LogP contribution in [0.2, 0.25) is 0 Å².